The maximum atomic E-state index is 5.77. The lowest BCUT2D eigenvalue weighted by Gasteiger charge is -2.13. The van der Waals surface area contributed by atoms with Gasteiger partial charge in [-0.3, -0.25) is 9.97 Å². The van der Waals surface area contributed by atoms with Gasteiger partial charge >= 0.3 is 0 Å². The second-order valence-corrected chi connectivity index (χ2v) is 3.33. The average Bonchev–Trinajstić information content (AvgIpc) is 2.33. The molecule has 1 aromatic carbocycles. The van der Waals surface area contributed by atoms with Crippen LogP contribution in [0.4, 0.5) is 0 Å². The molecule has 2 N–H and O–H groups in total. The number of hydrogen-bond donors (Lipinski definition) is 1. The average molecular weight is 199 g/mol. The van der Waals surface area contributed by atoms with Crippen LogP contribution in [0.1, 0.15) is 17.2 Å². The molecular formula is C12H13N3. The number of nitrogens with two attached hydrogens (primary N) is 1. The number of aromatic nitrogens is 2. The minimum Gasteiger partial charge on any atom is -0.329 e. The molecule has 0 radical (unpaired) electrons. The monoisotopic (exact) mass is 199 g/mol. The van der Waals surface area contributed by atoms with Crippen molar-refractivity contribution in [2.45, 2.75) is 5.92 Å². The van der Waals surface area contributed by atoms with Gasteiger partial charge in [-0.1, -0.05) is 30.3 Å². The van der Waals surface area contributed by atoms with Crippen LogP contribution in [-0.4, -0.2) is 16.5 Å². The summed E-state index contributed by atoms with van der Waals surface area (Å²) >= 11 is 0. The first kappa shape index (κ1) is 9.80. The predicted molar refractivity (Wildman–Crippen MR) is 59.4 cm³/mol. The van der Waals surface area contributed by atoms with Gasteiger partial charge in [0.1, 0.15) is 0 Å². The van der Waals surface area contributed by atoms with E-state index in [9.17, 15) is 0 Å². The van der Waals surface area contributed by atoms with E-state index in [1.807, 2.05) is 18.2 Å². The van der Waals surface area contributed by atoms with Gasteiger partial charge in [0.15, 0.2) is 0 Å². The molecule has 2 rings (SSSR count). The first-order valence-electron chi connectivity index (χ1n) is 4.92. The first-order valence-corrected chi connectivity index (χ1v) is 4.92. The molecular weight excluding hydrogens is 186 g/mol. The van der Waals surface area contributed by atoms with Gasteiger partial charge in [0.25, 0.3) is 0 Å². The van der Waals surface area contributed by atoms with Crippen LogP contribution in [0.25, 0.3) is 0 Å². The Morgan fingerprint density at radius 1 is 1.13 bits per heavy atom. The molecule has 0 aliphatic rings. The predicted octanol–water partition coefficient (Wildman–Crippen LogP) is 1.57. The van der Waals surface area contributed by atoms with Crippen LogP contribution in [0.2, 0.25) is 0 Å². The van der Waals surface area contributed by atoms with Gasteiger partial charge in [-0.05, 0) is 5.56 Å². The van der Waals surface area contributed by atoms with Gasteiger partial charge in [-0.2, -0.15) is 0 Å². The molecule has 3 heteroatoms. The van der Waals surface area contributed by atoms with Crippen molar-refractivity contribution in [1.29, 1.82) is 0 Å². The number of rotatable bonds is 3. The molecule has 76 valence electrons. The minimum atomic E-state index is 0.139. The molecule has 15 heavy (non-hydrogen) atoms. The van der Waals surface area contributed by atoms with E-state index in [0.29, 0.717) is 6.54 Å². The van der Waals surface area contributed by atoms with Crippen molar-refractivity contribution < 1.29 is 0 Å². The molecule has 0 saturated heterocycles. The fraction of sp³-hybridized carbons (Fsp3) is 0.167. The molecule has 0 bridgehead atoms. The Bertz CT molecular complexity index is 360. The first-order chi connectivity index (χ1) is 7.42. The maximum absolute atomic E-state index is 5.77. The molecule has 1 atom stereocenters. The van der Waals surface area contributed by atoms with Crippen LogP contribution in [-0.2, 0) is 0 Å². The van der Waals surface area contributed by atoms with Crippen LogP contribution in [0.3, 0.4) is 0 Å². The van der Waals surface area contributed by atoms with Crippen molar-refractivity contribution in [1.82, 2.24) is 9.97 Å². The van der Waals surface area contributed by atoms with E-state index in [2.05, 4.69) is 22.1 Å². The summed E-state index contributed by atoms with van der Waals surface area (Å²) in [5, 5.41) is 0. The zero-order chi connectivity index (χ0) is 10.5. The van der Waals surface area contributed by atoms with Gasteiger partial charge in [-0.15, -0.1) is 0 Å². The summed E-state index contributed by atoms with van der Waals surface area (Å²) in [6, 6.07) is 10.1. The van der Waals surface area contributed by atoms with Crippen molar-refractivity contribution >= 4 is 0 Å². The smallest absolute Gasteiger partial charge is 0.0674 e. The number of benzene rings is 1. The molecule has 1 heterocycles. The molecule has 0 fully saturated rings. The van der Waals surface area contributed by atoms with Crippen LogP contribution in [0.5, 0.6) is 0 Å². The zero-order valence-electron chi connectivity index (χ0n) is 8.38. The Hall–Kier alpha value is -1.74. The van der Waals surface area contributed by atoms with Crippen molar-refractivity contribution in [3.05, 3.63) is 60.2 Å². The van der Waals surface area contributed by atoms with Crippen LogP contribution < -0.4 is 5.73 Å². The van der Waals surface area contributed by atoms with E-state index in [-0.39, 0.29) is 5.92 Å². The van der Waals surface area contributed by atoms with Gasteiger partial charge in [0.05, 0.1) is 5.69 Å². The summed E-state index contributed by atoms with van der Waals surface area (Å²) in [4.78, 5) is 8.34. The second kappa shape index (κ2) is 4.66. The van der Waals surface area contributed by atoms with E-state index >= 15 is 0 Å². The third-order valence-corrected chi connectivity index (χ3v) is 2.38. The van der Waals surface area contributed by atoms with E-state index in [4.69, 9.17) is 5.73 Å². The van der Waals surface area contributed by atoms with Gasteiger partial charge in [0.2, 0.25) is 0 Å². The standard InChI is InChI=1S/C12H13N3/c13-8-11(10-4-2-1-3-5-10)12-9-14-6-7-15-12/h1-7,9,11H,8,13H2/t11-/m1/s1. The highest BCUT2D eigenvalue weighted by Crippen LogP contribution is 2.20. The zero-order valence-corrected chi connectivity index (χ0v) is 8.38. The number of nitrogens with zero attached hydrogens (tertiary/aromatic N) is 2. The van der Waals surface area contributed by atoms with Crippen LogP contribution in [0.15, 0.2) is 48.9 Å². The summed E-state index contributed by atoms with van der Waals surface area (Å²) in [5.74, 6) is 0.139. The quantitative estimate of drug-likeness (QED) is 0.816. The number of hydrogen-bond acceptors (Lipinski definition) is 3. The van der Waals surface area contributed by atoms with Gasteiger partial charge in [-0.25, -0.2) is 0 Å². The molecule has 0 spiro atoms. The van der Waals surface area contributed by atoms with Crippen LogP contribution in [0, 0.1) is 0 Å². The largest absolute Gasteiger partial charge is 0.329 e. The lowest BCUT2D eigenvalue weighted by Crippen LogP contribution is -2.15. The fourth-order valence-electron chi connectivity index (χ4n) is 1.60. The van der Waals surface area contributed by atoms with Gasteiger partial charge < -0.3 is 5.73 Å². The maximum Gasteiger partial charge on any atom is 0.0674 e. The Kier molecular flexibility index (Phi) is 3.05. The highest BCUT2D eigenvalue weighted by atomic mass is 14.8. The minimum absolute atomic E-state index is 0.139. The summed E-state index contributed by atoms with van der Waals surface area (Å²) < 4.78 is 0. The Labute approximate surface area is 89.0 Å². The van der Waals surface area contributed by atoms with Crippen molar-refractivity contribution in [2.75, 3.05) is 6.54 Å². The summed E-state index contributed by atoms with van der Waals surface area (Å²) in [5.41, 5.74) is 7.87. The van der Waals surface area contributed by atoms with Crippen molar-refractivity contribution in [3.63, 3.8) is 0 Å². The molecule has 1 aromatic heterocycles. The van der Waals surface area contributed by atoms with E-state index in [1.54, 1.807) is 18.6 Å². The van der Waals surface area contributed by atoms with E-state index in [0.717, 1.165) is 5.69 Å². The van der Waals surface area contributed by atoms with Crippen molar-refractivity contribution in [3.8, 4) is 0 Å². The topological polar surface area (TPSA) is 51.8 Å². The SMILES string of the molecule is NC[C@H](c1ccccc1)c1cnccn1. The van der Waals surface area contributed by atoms with Crippen LogP contribution >= 0.6 is 0 Å². The summed E-state index contributed by atoms with van der Waals surface area (Å²) in [7, 11) is 0. The molecule has 2 aromatic rings. The van der Waals surface area contributed by atoms with E-state index < -0.39 is 0 Å². The van der Waals surface area contributed by atoms with Crippen molar-refractivity contribution in [2.24, 2.45) is 5.73 Å². The Balaban J connectivity index is 2.34. The third-order valence-electron chi connectivity index (χ3n) is 2.38. The highest BCUT2D eigenvalue weighted by Gasteiger charge is 2.12. The summed E-state index contributed by atoms with van der Waals surface area (Å²) in [6.07, 6.45) is 5.13. The lowest BCUT2D eigenvalue weighted by molar-refractivity contribution is 0.779. The third kappa shape index (κ3) is 2.19. The molecule has 0 aliphatic heterocycles. The normalized spacial score (nSPS) is 12.3. The summed E-state index contributed by atoms with van der Waals surface area (Å²) in [6.45, 7) is 0.544. The lowest BCUT2D eigenvalue weighted by atomic mass is 9.96. The Morgan fingerprint density at radius 2 is 1.93 bits per heavy atom. The van der Waals surface area contributed by atoms with E-state index in [1.165, 1.54) is 5.56 Å². The molecule has 0 amide bonds. The molecule has 0 unspecified atom stereocenters. The molecule has 0 aliphatic carbocycles. The fourth-order valence-corrected chi connectivity index (χ4v) is 1.60. The second-order valence-electron chi connectivity index (χ2n) is 3.33. The Morgan fingerprint density at radius 3 is 2.53 bits per heavy atom. The molecule has 0 saturated carbocycles. The molecule has 3 nitrogen and oxygen atoms in total. The highest BCUT2D eigenvalue weighted by molar-refractivity contribution is 5.27. The van der Waals surface area contributed by atoms with Gasteiger partial charge in [0, 0.05) is 31.1 Å².